The second-order valence-electron chi connectivity index (χ2n) is 3.49. The summed E-state index contributed by atoms with van der Waals surface area (Å²) in [7, 11) is 1.44. The molecular weight excluding hydrogens is 200 g/mol. The van der Waals surface area contributed by atoms with Gasteiger partial charge in [0.2, 0.25) is 5.75 Å². The first-order chi connectivity index (χ1) is 6.86. The summed E-state index contributed by atoms with van der Waals surface area (Å²) in [5.74, 6) is -2.00. The van der Waals surface area contributed by atoms with Gasteiger partial charge in [-0.2, -0.15) is 0 Å². The Morgan fingerprint density at radius 1 is 1.47 bits per heavy atom. The molecule has 2 N–H and O–H groups in total. The molecule has 0 spiro atoms. The Balaban J connectivity index is 3.60. The van der Waals surface area contributed by atoms with Crippen LogP contribution in [0.1, 0.15) is 36.1 Å². The molecule has 0 fully saturated rings. The molecule has 0 amide bonds. The van der Waals surface area contributed by atoms with Gasteiger partial charge in [-0.05, 0) is 0 Å². The van der Waals surface area contributed by atoms with Crippen LogP contribution in [-0.2, 0) is 7.05 Å². The average molecular weight is 212 g/mol. The van der Waals surface area contributed by atoms with E-state index in [4.69, 9.17) is 5.11 Å². The highest BCUT2D eigenvalue weighted by Gasteiger charge is 2.20. The van der Waals surface area contributed by atoms with E-state index >= 15 is 0 Å². The van der Waals surface area contributed by atoms with Crippen molar-refractivity contribution in [1.29, 1.82) is 0 Å². The number of carboxylic acid groups (broad SMARTS) is 1. The van der Waals surface area contributed by atoms with Gasteiger partial charge in [0.15, 0.2) is 5.69 Å². The summed E-state index contributed by atoms with van der Waals surface area (Å²) in [5, 5.41) is 18.0. The van der Waals surface area contributed by atoms with Crippen LogP contribution in [0, 0.1) is 0 Å². The number of carboxylic acids is 1. The van der Waals surface area contributed by atoms with Gasteiger partial charge in [0.25, 0.3) is 5.56 Å². The monoisotopic (exact) mass is 212 g/mol. The van der Waals surface area contributed by atoms with Crippen molar-refractivity contribution in [1.82, 2.24) is 9.55 Å². The summed E-state index contributed by atoms with van der Waals surface area (Å²) >= 11 is 0. The van der Waals surface area contributed by atoms with E-state index in [-0.39, 0.29) is 5.92 Å². The van der Waals surface area contributed by atoms with E-state index in [1.807, 2.05) is 0 Å². The number of aromatic carboxylic acids is 1. The Bertz CT molecular complexity index is 462. The number of aromatic hydroxyl groups is 1. The minimum absolute atomic E-state index is 0.0959. The molecular formula is C9H12N2O4. The largest absolute Gasteiger partial charge is 0.501 e. The predicted molar refractivity (Wildman–Crippen MR) is 52.2 cm³/mol. The van der Waals surface area contributed by atoms with E-state index in [9.17, 15) is 14.7 Å². The van der Waals surface area contributed by atoms with Gasteiger partial charge in [-0.25, -0.2) is 9.78 Å². The molecule has 0 saturated heterocycles. The summed E-state index contributed by atoms with van der Waals surface area (Å²) < 4.78 is 1.15. The maximum Gasteiger partial charge on any atom is 0.358 e. The zero-order valence-corrected chi connectivity index (χ0v) is 8.68. The lowest BCUT2D eigenvalue weighted by Gasteiger charge is -2.11. The Labute approximate surface area is 85.8 Å². The van der Waals surface area contributed by atoms with Crippen LogP contribution in [0.3, 0.4) is 0 Å². The molecule has 0 aliphatic rings. The SMILES string of the molecule is CC(C)c1nc(C(=O)O)c(O)c(=O)n1C. The smallest absolute Gasteiger partial charge is 0.358 e. The van der Waals surface area contributed by atoms with Gasteiger partial charge in [0, 0.05) is 13.0 Å². The number of aromatic nitrogens is 2. The normalized spacial score (nSPS) is 10.7. The van der Waals surface area contributed by atoms with Crippen LogP contribution in [0.2, 0.25) is 0 Å². The number of rotatable bonds is 2. The van der Waals surface area contributed by atoms with E-state index < -0.39 is 23.0 Å². The molecule has 1 rings (SSSR count). The molecule has 1 aromatic heterocycles. The van der Waals surface area contributed by atoms with Gasteiger partial charge in [-0.3, -0.25) is 9.36 Å². The summed E-state index contributed by atoms with van der Waals surface area (Å²) in [5.41, 5.74) is -1.34. The Morgan fingerprint density at radius 2 is 2.00 bits per heavy atom. The lowest BCUT2D eigenvalue weighted by Crippen LogP contribution is -2.25. The second-order valence-corrected chi connectivity index (χ2v) is 3.49. The van der Waals surface area contributed by atoms with Crippen LogP contribution in [0.25, 0.3) is 0 Å². The van der Waals surface area contributed by atoms with Crippen LogP contribution in [-0.4, -0.2) is 25.7 Å². The average Bonchev–Trinajstić information content (AvgIpc) is 2.13. The third kappa shape index (κ3) is 1.83. The van der Waals surface area contributed by atoms with Crippen LogP contribution < -0.4 is 5.56 Å². The molecule has 1 aromatic rings. The quantitative estimate of drug-likeness (QED) is 0.735. The van der Waals surface area contributed by atoms with E-state index in [2.05, 4.69) is 4.98 Å². The fourth-order valence-electron chi connectivity index (χ4n) is 1.27. The lowest BCUT2D eigenvalue weighted by molar-refractivity contribution is 0.0685. The molecule has 0 aromatic carbocycles. The number of hydrogen-bond donors (Lipinski definition) is 2. The van der Waals surface area contributed by atoms with E-state index in [1.165, 1.54) is 7.05 Å². The van der Waals surface area contributed by atoms with Crippen molar-refractivity contribution in [2.75, 3.05) is 0 Å². The van der Waals surface area contributed by atoms with Crippen molar-refractivity contribution in [3.8, 4) is 5.75 Å². The molecule has 0 radical (unpaired) electrons. The van der Waals surface area contributed by atoms with Crippen LogP contribution in [0.15, 0.2) is 4.79 Å². The van der Waals surface area contributed by atoms with Crippen molar-refractivity contribution in [2.24, 2.45) is 7.05 Å². The van der Waals surface area contributed by atoms with E-state index in [0.717, 1.165) is 4.57 Å². The zero-order valence-electron chi connectivity index (χ0n) is 8.68. The molecule has 15 heavy (non-hydrogen) atoms. The summed E-state index contributed by atoms with van der Waals surface area (Å²) in [4.78, 5) is 25.9. The predicted octanol–water partition coefficient (Wildman–Crippen LogP) is 0.307. The molecule has 0 atom stereocenters. The van der Waals surface area contributed by atoms with Crippen molar-refractivity contribution in [3.05, 3.63) is 21.9 Å². The minimum atomic E-state index is -1.41. The van der Waals surface area contributed by atoms with Gasteiger partial charge in [-0.1, -0.05) is 13.8 Å². The fraction of sp³-hybridized carbons (Fsp3) is 0.444. The van der Waals surface area contributed by atoms with Gasteiger partial charge in [0.1, 0.15) is 5.82 Å². The van der Waals surface area contributed by atoms with Crippen molar-refractivity contribution < 1.29 is 15.0 Å². The molecule has 0 aliphatic carbocycles. The first-order valence-electron chi connectivity index (χ1n) is 4.39. The van der Waals surface area contributed by atoms with Gasteiger partial charge < -0.3 is 10.2 Å². The maximum atomic E-state index is 11.4. The van der Waals surface area contributed by atoms with Crippen molar-refractivity contribution in [2.45, 2.75) is 19.8 Å². The Morgan fingerprint density at radius 3 is 2.40 bits per heavy atom. The molecule has 0 aliphatic heterocycles. The summed E-state index contributed by atoms with van der Waals surface area (Å²) in [6, 6.07) is 0. The molecule has 0 saturated carbocycles. The highest BCUT2D eigenvalue weighted by molar-refractivity contribution is 5.88. The van der Waals surface area contributed by atoms with Gasteiger partial charge in [-0.15, -0.1) is 0 Å². The third-order valence-electron chi connectivity index (χ3n) is 2.02. The molecule has 0 bridgehead atoms. The Hall–Kier alpha value is -1.85. The fourth-order valence-corrected chi connectivity index (χ4v) is 1.27. The number of hydrogen-bond acceptors (Lipinski definition) is 4. The van der Waals surface area contributed by atoms with Crippen molar-refractivity contribution in [3.63, 3.8) is 0 Å². The molecule has 1 heterocycles. The molecule has 82 valence electrons. The Kier molecular flexibility index (Phi) is 2.78. The summed E-state index contributed by atoms with van der Waals surface area (Å²) in [6.07, 6.45) is 0. The summed E-state index contributed by atoms with van der Waals surface area (Å²) in [6.45, 7) is 3.56. The van der Waals surface area contributed by atoms with Crippen molar-refractivity contribution >= 4 is 5.97 Å². The first-order valence-corrected chi connectivity index (χ1v) is 4.39. The maximum absolute atomic E-state index is 11.4. The zero-order chi connectivity index (χ0) is 11.7. The van der Waals surface area contributed by atoms with Crippen LogP contribution >= 0.6 is 0 Å². The second kappa shape index (κ2) is 3.72. The van der Waals surface area contributed by atoms with E-state index in [1.54, 1.807) is 13.8 Å². The number of carbonyl (C=O) groups is 1. The van der Waals surface area contributed by atoms with Gasteiger partial charge >= 0.3 is 5.97 Å². The standard InChI is InChI=1S/C9H12N2O4/c1-4(2)7-10-5(9(14)15)6(12)8(13)11(7)3/h4,12H,1-3H3,(H,14,15). The minimum Gasteiger partial charge on any atom is -0.501 e. The molecule has 6 nitrogen and oxygen atoms in total. The lowest BCUT2D eigenvalue weighted by atomic mass is 10.2. The highest BCUT2D eigenvalue weighted by Crippen LogP contribution is 2.14. The van der Waals surface area contributed by atoms with Crippen LogP contribution in [0.4, 0.5) is 0 Å². The van der Waals surface area contributed by atoms with E-state index in [0.29, 0.717) is 5.82 Å². The van der Waals surface area contributed by atoms with Gasteiger partial charge in [0.05, 0.1) is 0 Å². The first kappa shape index (κ1) is 11.2. The van der Waals surface area contributed by atoms with Crippen LogP contribution in [0.5, 0.6) is 5.75 Å². The highest BCUT2D eigenvalue weighted by atomic mass is 16.4. The topological polar surface area (TPSA) is 92.4 Å². The molecule has 0 unspecified atom stereocenters. The third-order valence-corrected chi connectivity index (χ3v) is 2.02. The molecule has 6 heteroatoms. The number of nitrogens with zero attached hydrogens (tertiary/aromatic N) is 2.